The summed E-state index contributed by atoms with van der Waals surface area (Å²) in [4.78, 5) is 0. The first-order valence-corrected chi connectivity index (χ1v) is 7.81. The van der Waals surface area contributed by atoms with Gasteiger partial charge < -0.3 is 10.1 Å². The summed E-state index contributed by atoms with van der Waals surface area (Å²) >= 11 is 0. The Bertz CT molecular complexity index is 551. The van der Waals surface area contributed by atoms with Crippen molar-refractivity contribution in [2.24, 2.45) is 0 Å². The van der Waals surface area contributed by atoms with Crippen molar-refractivity contribution in [3.05, 3.63) is 59.7 Å². The molecule has 0 spiro atoms. The van der Waals surface area contributed by atoms with E-state index in [9.17, 15) is 0 Å². The zero-order valence-electron chi connectivity index (χ0n) is 13.1. The molecule has 0 unspecified atom stereocenters. The Hall–Kier alpha value is -1.96. The predicted molar refractivity (Wildman–Crippen MR) is 90.2 cm³/mol. The van der Waals surface area contributed by atoms with Gasteiger partial charge in [0.15, 0.2) is 0 Å². The second kappa shape index (κ2) is 8.35. The maximum absolute atomic E-state index is 5.73. The molecule has 0 fully saturated rings. The van der Waals surface area contributed by atoms with Crippen molar-refractivity contribution in [1.82, 2.24) is 0 Å². The third kappa shape index (κ3) is 5.14. The van der Waals surface area contributed by atoms with Crippen LogP contribution in [0.1, 0.15) is 30.9 Å². The summed E-state index contributed by atoms with van der Waals surface area (Å²) < 4.78 is 5.73. The fraction of sp³-hybridized carbons (Fsp3) is 0.368. The maximum Gasteiger partial charge on any atom is 0.121 e. The smallest absolute Gasteiger partial charge is 0.121 e. The number of hydrogen-bond donors (Lipinski definition) is 1. The van der Waals surface area contributed by atoms with Crippen LogP contribution in [0.3, 0.4) is 0 Å². The van der Waals surface area contributed by atoms with E-state index in [4.69, 9.17) is 4.74 Å². The van der Waals surface area contributed by atoms with E-state index in [1.165, 1.54) is 11.1 Å². The van der Waals surface area contributed by atoms with Gasteiger partial charge in [0.1, 0.15) is 5.75 Å². The maximum atomic E-state index is 5.73. The van der Waals surface area contributed by atoms with Crippen molar-refractivity contribution in [2.75, 3.05) is 18.5 Å². The monoisotopic (exact) mass is 283 g/mol. The molecule has 0 aromatic heterocycles. The fourth-order valence-corrected chi connectivity index (χ4v) is 2.26. The minimum absolute atomic E-state index is 0.795. The zero-order chi connectivity index (χ0) is 14.9. The molecular weight excluding hydrogens is 258 g/mol. The van der Waals surface area contributed by atoms with Gasteiger partial charge >= 0.3 is 0 Å². The second-order valence-electron chi connectivity index (χ2n) is 5.33. The standard InChI is InChI=1S/C19H25NO/c1-3-4-14-21-19-11-7-10-18(15-19)20-13-12-17-9-6-5-8-16(17)2/h5-11,15,20H,3-4,12-14H2,1-2H3. The number of unbranched alkanes of at least 4 members (excludes halogenated alkanes) is 1. The molecule has 0 amide bonds. The molecule has 1 N–H and O–H groups in total. The molecule has 0 bridgehead atoms. The van der Waals surface area contributed by atoms with Crippen LogP contribution in [0.5, 0.6) is 5.75 Å². The molecular formula is C19H25NO. The van der Waals surface area contributed by atoms with Gasteiger partial charge in [-0.3, -0.25) is 0 Å². The van der Waals surface area contributed by atoms with Crippen molar-refractivity contribution in [3.63, 3.8) is 0 Å². The van der Waals surface area contributed by atoms with Gasteiger partial charge in [0.2, 0.25) is 0 Å². The van der Waals surface area contributed by atoms with Crippen molar-refractivity contribution >= 4 is 5.69 Å². The molecule has 2 nitrogen and oxygen atoms in total. The molecule has 2 rings (SSSR count). The number of aryl methyl sites for hydroxylation is 1. The minimum Gasteiger partial charge on any atom is -0.494 e. The molecule has 0 saturated carbocycles. The minimum atomic E-state index is 0.795. The van der Waals surface area contributed by atoms with E-state index in [1.54, 1.807) is 0 Å². The van der Waals surface area contributed by atoms with Crippen LogP contribution in [0.2, 0.25) is 0 Å². The van der Waals surface area contributed by atoms with Crippen LogP contribution in [0.25, 0.3) is 0 Å². The van der Waals surface area contributed by atoms with Crippen molar-refractivity contribution in [3.8, 4) is 5.75 Å². The fourth-order valence-electron chi connectivity index (χ4n) is 2.26. The van der Waals surface area contributed by atoms with Crippen molar-refractivity contribution < 1.29 is 4.74 Å². The van der Waals surface area contributed by atoms with Gasteiger partial charge in [-0.25, -0.2) is 0 Å². The molecule has 21 heavy (non-hydrogen) atoms. The highest BCUT2D eigenvalue weighted by Crippen LogP contribution is 2.18. The molecule has 2 aromatic rings. The number of rotatable bonds is 8. The average Bonchev–Trinajstić information content (AvgIpc) is 2.50. The van der Waals surface area contributed by atoms with Crippen LogP contribution in [0.15, 0.2) is 48.5 Å². The molecule has 2 heteroatoms. The van der Waals surface area contributed by atoms with Crippen LogP contribution in [0.4, 0.5) is 5.69 Å². The molecule has 2 aromatic carbocycles. The Balaban J connectivity index is 1.83. The summed E-state index contributed by atoms with van der Waals surface area (Å²) in [6.45, 7) is 6.07. The highest BCUT2D eigenvalue weighted by Gasteiger charge is 1.99. The second-order valence-corrected chi connectivity index (χ2v) is 5.33. The first-order chi connectivity index (χ1) is 10.3. The van der Waals surface area contributed by atoms with Crippen molar-refractivity contribution in [1.29, 1.82) is 0 Å². The highest BCUT2D eigenvalue weighted by atomic mass is 16.5. The summed E-state index contributed by atoms with van der Waals surface area (Å²) in [5, 5.41) is 3.47. The van der Waals surface area contributed by atoms with E-state index in [1.807, 2.05) is 12.1 Å². The quantitative estimate of drug-likeness (QED) is 0.701. The average molecular weight is 283 g/mol. The summed E-state index contributed by atoms with van der Waals surface area (Å²) in [6, 6.07) is 16.8. The van der Waals surface area contributed by atoms with Crippen molar-refractivity contribution in [2.45, 2.75) is 33.1 Å². The Morgan fingerprint density at radius 3 is 2.71 bits per heavy atom. The molecule has 0 atom stereocenters. The largest absolute Gasteiger partial charge is 0.494 e. The summed E-state index contributed by atoms with van der Waals surface area (Å²) in [6.07, 6.45) is 3.30. The number of nitrogens with one attached hydrogen (secondary N) is 1. The molecule has 0 radical (unpaired) electrons. The van der Waals surface area contributed by atoms with E-state index in [0.717, 1.165) is 43.9 Å². The van der Waals surface area contributed by atoms with Gasteiger partial charge in [0.25, 0.3) is 0 Å². The Kier molecular flexibility index (Phi) is 6.14. The zero-order valence-corrected chi connectivity index (χ0v) is 13.1. The lowest BCUT2D eigenvalue weighted by atomic mass is 10.1. The van der Waals surface area contributed by atoms with E-state index in [2.05, 4.69) is 55.6 Å². The van der Waals surface area contributed by atoms with Gasteiger partial charge in [0.05, 0.1) is 6.61 Å². The SMILES string of the molecule is CCCCOc1cccc(NCCc2ccccc2C)c1. The highest BCUT2D eigenvalue weighted by molar-refractivity contribution is 5.48. The topological polar surface area (TPSA) is 21.3 Å². The third-order valence-electron chi connectivity index (χ3n) is 3.59. The van der Waals surface area contributed by atoms with Crippen LogP contribution in [-0.4, -0.2) is 13.2 Å². The predicted octanol–water partition coefficient (Wildman–Crippen LogP) is 4.83. The Morgan fingerprint density at radius 2 is 1.90 bits per heavy atom. The normalized spacial score (nSPS) is 10.4. The Morgan fingerprint density at radius 1 is 1.05 bits per heavy atom. The van der Waals surface area contributed by atoms with Crippen LogP contribution >= 0.6 is 0 Å². The van der Waals surface area contributed by atoms with E-state index in [-0.39, 0.29) is 0 Å². The third-order valence-corrected chi connectivity index (χ3v) is 3.59. The first kappa shape index (κ1) is 15.4. The lowest BCUT2D eigenvalue weighted by molar-refractivity contribution is 0.309. The van der Waals surface area contributed by atoms with Crippen LogP contribution in [0, 0.1) is 6.92 Å². The lowest BCUT2D eigenvalue weighted by Crippen LogP contribution is -2.06. The molecule has 0 aliphatic carbocycles. The van der Waals surface area contributed by atoms with Gasteiger partial charge in [-0.2, -0.15) is 0 Å². The van der Waals surface area contributed by atoms with Crippen LogP contribution < -0.4 is 10.1 Å². The molecule has 0 heterocycles. The van der Waals surface area contributed by atoms with Crippen LogP contribution in [-0.2, 0) is 6.42 Å². The van der Waals surface area contributed by atoms with Gasteiger partial charge in [-0.15, -0.1) is 0 Å². The summed E-state index contributed by atoms with van der Waals surface area (Å²) in [5.74, 6) is 0.948. The summed E-state index contributed by atoms with van der Waals surface area (Å²) in [5.41, 5.74) is 3.88. The lowest BCUT2D eigenvalue weighted by Gasteiger charge is -2.10. The van der Waals surface area contributed by atoms with Gasteiger partial charge in [-0.1, -0.05) is 43.7 Å². The van der Waals surface area contributed by atoms with E-state index in [0.29, 0.717) is 0 Å². The number of benzene rings is 2. The molecule has 0 aliphatic rings. The number of anilines is 1. The first-order valence-electron chi connectivity index (χ1n) is 7.81. The van der Waals surface area contributed by atoms with Gasteiger partial charge in [0, 0.05) is 18.3 Å². The van der Waals surface area contributed by atoms with E-state index < -0.39 is 0 Å². The molecule has 0 saturated heterocycles. The van der Waals surface area contributed by atoms with Gasteiger partial charge in [-0.05, 0) is 43.0 Å². The Labute approximate surface area is 128 Å². The molecule has 0 aliphatic heterocycles. The number of ether oxygens (including phenoxy) is 1. The molecule has 112 valence electrons. The number of hydrogen-bond acceptors (Lipinski definition) is 2. The summed E-state index contributed by atoms with van der Waals surface area (Å²) in [7, 11) is 0. The van der Waals surface area contributed by atoms with E-state index >= 15 is 0 Å².